The summed E-state index contributed by atoms with van der Waals surface area (Å²) in [5, 5.41) is 3.68. The van der Waals surface area contributed by atoms with E-state index in [4.69, 9.17) is 4.52 Å². The predicted octanol–water partition coefficient (Wildman–Crippen LogP) is 3.70. The maximum atomic E-state index is 12.4. The molecule has 0 amide bonds. The summed E-state index contributed by atoms with van der Waals surface area (Å²) >= 11 is 0. The zero-order valence-corrected chi connectivity index (χ0v) is 14.6. The third-order valence-corrected chi connectivity index (χ3v) is 5.25. The summed E-state index contributed by atoms with van der Waals surface area (Å²) in [5.74, 6) is -0.0641. The molecule has 1 heterocycles. The number of hydrogen-bond donors (Lipinski definition) is 0. The summed E-state index contributed by atoms with van der Waals surface area (Å²) in [5.41, 5.74) is 4.65. The van der Waals surface area contributed by atoms with Gasteiger partial charge in [-0.15, -0.1) is 0 Å². The van der Waals surface area contributed by atoms with Crippen molar-refractivity contribution in [1.82, 2.24) is 5.16 Å². The maximum absolute atomic E-state index is 12.4. The van der Waals surface area contributed by atoms with Crippen LogP contribution in [0.15, 0.2) is 29.0 Å². The summed E-state index contributed by atoms with van der Waals surface area (Å²) in [6.07, 6.45) is 1.39. The first-order valence-corrected chi connectivity index (χ1v) is 9.11. The highest BCUT2D eigenvalue weighted by Gasteiger charge is 2.20. The SMILES string of the molecule is Cc1cc(C(C)(C)C)cc(C)c1CS(=O)(=O)Cc1ccon1. The van der Waals surface area contributed by atoms with Crippen LogP contribution in [0.1, 0.15) is 48.7 Å². The van der Waals surface area contributed by atoms with E-state index in [1.807, 2.05) is 13.8 Å². The molecule has 4 nitrogen and oxygen atoms in total. The molecular weight excluding hydrogens is 298 g/mol. The van der Waals surface area contributed by atoms with Crippen molar-refractivity contribution in [2.24, 2.45) is 0 Å². The molecule has 0 atom stereocenters. The second-order valence-corrected chi connectivity index (χ2v) is 8.93. The van der Waals surface area contributed by atoms with Crippen molar-refractivity contribution in [3.8, 4) is 0 Å². The van der Waals surface area contributed by atoms with Gasteiger partial charge in [0.05, 0.1) is 17.2 Å². The molecule has 2 aromatic rings. The molecule has 0 bridgehead atoms. The Morgan fingerprint density at radius 2 is 1.68 bits per heavy atom. The summed E-state index contributed by atoms with van der Waals surface area (Å²) < 4.78 is 29.4. The van der Waals surface area contributed by atoms with Gasteiger partial charge in [-0.05, 0) is 41.5 Å². The minimum absolute atomic E-state index is 0.0297. The average molecular weight is 321 g/mol. The molecule has 2 rings (SSSR count). The van der Waals surface area contributed by atoms with Crippen LogP contribution in [0.5, 0.6) is 0 Å². The average Bonchev–Trinajstić information content (AvgIpc) is 2.84. The lowest BCUT2D eigenvalue weighted by Gasteiger charge is -2.22. The highest BCUT2D eigenvalue weighted by Crippen LogP contribution is 2.28. The molecule has 1 aromatic carbocycles. The summed E-state index contributed by atoms with van der Waals surface area (Å²) in [7, 11) is -3.27. The quantitative estimate of drug-likeness (QED) is 0.861. The lowest BCUT2D eigenvalue weighted by Crippen LogP contribution is -2.14. The first kappa shape index (κ1) is 16.7. The van der Waals surface area contributed by atoms with Gasteiger partial charge in [0.2, 0.25) is 0 Å². The van der Waals surface area contributed by atoms with Crippen molar-refractivity contribution < 1.29 is 12.9 Å². The normalized spacial score (nSPS) is 12.6. The van der Waals surface area contributed by atoms with Crippen molar-refractivity contribution in [3.63, 3.8) is 0 Å². The molecule has 0 fully saturated rings. The van der Waals surface area contributed by atoms with Crippen molar-refractivity contribution in [3.05, 3.63) is 52.4 Å². The molecule has 0 aliphatic rings. The van der Waals surface area contributed by atoms with Gasteiger partial charge in [-0.2, -0.15) is 0 Å². The molecule has 22 heavy (non-hydrogen) atoms. The second-order valence-electron chi connectivity index (χ2n) is 6.86. The van der Waals surface area contributed by atoms with Gasteiger partial charge in [0.1, 0.15) is 6.26 Å². The summed E-state index contributed by atoms with van der Waals surface area (Å²) in [6, 6.07) is 5.77. The van der Waals surface area contributed by atoms with Crippen LogP contribution in [0.2, 0.25) is 0 Å². The molecule has 0 unspecified atom stereocenters. The Bertz CT molecular complexity index is 731. The Hall–Kier alpha value is -1.62. The van der Waals surface area contributed by atoms with Crippen molar-refractivity contribution in [2.75, 3.05) is 0 Å². The molecule has 0 saturated heterocycles. The molecule has 0 N–H and O–H groups in total. The number of rotatable bonds is 4. The zero-order chi connectivity index (χ0) is 16.5. The maximum Gasteiger partial charge on any atom is 0.160 e. The van der Waals surface area contributed by atoms with Gasteiger partial charge in [-0.25, -0.2) is 8.42 Å². The van der Waals surface area contributed by atoms with E-state index < -0.39 is 9.84 Å². The number of nitrogens with zero attached hydrogens (tertiary/aromatic N) is 1. The van der Waals surface area contributed by atoms with E-state index in [0.717, 1.165) is 16.7 Å². The first-order valence-electron chi connectivity index (χ1n) is 7.29. The number of aryl methyl sites for hydroxylation is 2. The van der Waals surface area contributed by atoms with Crippen LogP contribution in [0.25, 0.3) is 0 Å². The molecule has 0 radical (unpaired) electrons. The third kappa shape index (κ3) is 3.97. The lowest BCUT2D eigenvalue weighted by molar-refractivity contribution is 0.413. The third-order valence-electron chi connectivity index (χ3n) is 3.79. The molecule has 120 valence electrons. The Morgan fingerprint density at radius 3 is 2.14 bits per heavy atom. The molecule has 1 aromatic heterocycles. The number of hydrogen-bond acceptors (Lipinski definition) is 4. The molecular formula is C17H23NO3S. The Kier molecular flexibility index (Phi) is 4.47. The van der Waals surface area contributed by atoms with E-state index in [2.05, 4.69) is 38.1 Å². The Balaban J connectivity index is 2.30. The standard InChI is InChI=1S/C17H23NO3S/c1-12-8-14(17(3,4)5)9-13(2)16(12)11-22(19,20)10-15-6-7-21-18-15/h6-9H,10-11H2,1-5H3. The monoisotopic (exact) mass is 321 g/mol. The zero-order valence-electron chi connectivity index (χ0n) is 13.8. The fraction of sp³-hybridized carbons (Fsp3) is 0.471. The highest BCUT2D eigenvalue weighted by molar-refractivity contribution is 7.89. The molecule has 0 aliphatic heterocycles. The van der Waals surface area contributed by atoms with Gasteiger partial charge in [0, 0.05) is 6.07 Å². The van der Waals surface area contributed by atoms with Gasteiger partial charge in [-0.3, -0.25) is 0 Å². The van der Waals surface area contributed by atoms with Gasteiger partial charge in [0.25, 0.3) is 0 Å². The number of benzene rings is 1. The van der Waals surface area contributed by atoms with Crippen LogP contribution in [0.4, 0.5) is 0 Å². The van der Waals surface area contributed by atoms with E-state index in [9.17, 15) is 8.42 Å². The molecule has 5 heteroatoms. The van der Waals surface area contributed by atoms with Gasteiger partial charge in [-0.1, -0.05) is 38.1 Å². The highest BCUT2D eigenvalue weighted by atomic mass is 32.2. The fourth-order valence-corrected chi connectivity index (χ4v) is 4.06. The van der Waals surface area contributed by atoms with E-state index >= 15 is 0 Å². The van der Waals surface area contributed by atoms with E-state index in [1.165, 1.54) is 11.8 Å². The van der Waals surface area contributed by atoms with Crippen LogP contribution in [0.3, 0.4) is 0 Å². The molecule has 0 spiro atoms. The van der Waals surface area contributed by atoms with Crippen LogP contribution in [0, 0.1) is 13.8 Å². The number of aromatic nitrogens is 1. The van der Waals surface area contributed by atoms with Crippen LogP contribution in [-0.4, -0.2) is 13.6 Å². The largest absolute Gasteiger partial charge is 0.364 e. The minimum Gasteiger partial charge on any atom is -0.364 e. The Morgan fingerprint density at radius 1 is 1.09 bits per heavy atom. The summed E-state index contributed by atoms with van der Waals surface area (Å²) in [4.78, 5) is 0. The lowest BCUT2D eigenvalue weighted by atomic mass is 9.84. The van der Waals surface area contributed by atoms with Crippen molar-refractivity contribution in [2.45, 2.75) is 51.5 Å². The predicted molar refractivity (Wildman–Crippen MR) is 87.4 cm³/mol. The van der Waals surface area contributed by atoms with Crippen molar-refractivity contribution in [1.29, 1.82) is 0 Å². The van der Waals surface area contributed by atoms with E-state index in [-0.39, 0.29) is 16.9 Å². The Labute approximate surface area is 132 Å². The fourth-order valence-electron chi connectivity index (χ4n) is 2.46. The smallest absolute Gasteiger partial charge is 0.160 e. The van der Waals surface area contributed by atoms with Gasteiger partial charge in [0.15, 0.2) is 9.84 Å². The molecule has 0 aliphatic carbocycles. The molecule has 0 saturated carbocycles. The minimum atomic E-state index is -3.27. The number of sulfone groups is 1. The first-order chi connectivity index (χ1) is 10.1. The van der Waals surface area contributed by atoms with Crippen LogP contribution < -0.4 is 0 Å². The van der Waals surface area contributed by atoms with E-state index in [0.29, 0.717) is 5.69 Å². The second kappa shape index (κ2) is 5.88. The van der Waals surface area contributed by atoms with Crippen LogP contribution >= 0.6 is 0 Å². The van der Waals surface area contributed by atoms with Gasteiger partial charge >= 0.3 is 0 Å². The van der Waals surface area contributed by atoms with Gasteiger partial charge < -0.3 is 4.52 Å². The van der Waals surface area contributed by atoms with Crippen LogP contribution in [-0.2, 0) is 26.8 Å². The summed E-state index contributed by atoms with van der Waals surface area (Å²) in [6.45, 7) is 10.4. The topological polar surface area (TPSA) is 60.2 Å². The van der Waals surface area contributed by atoms with Crippen molar-refractivity contribution >= 4 is 9.84 Å². The van der Waals surface area contributed by atoms with E-state index in [1.54, 1.807) is 6.07 Å².